The van der Waals surface area contributed by atoms with E-state index in [1.54, 1.807) is 18.2 Å². The fourth-order valence-electron chi connectivity index (χ4n) is 4.11. The van der Waals surface area contributed by atoms with Crippen LogP contribution in [0.25, 0.3) is 11.1 Å². The number of aromatic nitrogens is 1. The maximum Gasteiger partial charge on any atom is 0.253 e. The van der Waals surface area contributed by atoms with Gasteiger partial charge in [-0.25, -0.2) is 4.98 Å². The Bertz CT molecular complexity index is 967. The van der Waals surface area contributed by atoms with Gasteiger partial charge in [0.05, 0.1) is 24.3 Å². The van der Waals surface area contributed by atoms with Gasteiger partial charge < -0.3 is 20.5 Å². The van der Waals surface area contributed by atoms with Crippen LogP contribution in [0.1, 0.15) is 75.1 Å². The molecule has 1 heterocycles. The Balaban J connectivity index is 1.64. The molecule has 2 atom stereocenters. The third-order valence-corrected chi connectivity index (χ3v) is 6.46. The van der Waals surface area contributed by atoms with Gasteiger partial charge in [0.1, 0.15) is 0 Å². The molecule has 1 aliphatic rings. The number of hydrogen-bond donors (Lipinski definition) is 3. The van der Waals surface area contributed by atoms with Crippen molar-refractivity contribution in [1.82, 2.24) is 15.6 Å². The van der Waals surface area contributed by atoms with Crippen LogP contribution < -0.4 is 15.4 Å². The molecule has 0 aliphatic heterocycles. The van der Waals surface area contributed by atoms with Crippen LogP contribution in [0.3, 0.4) is 0 Å². The fourth-order valence-corrected chi connectivity index (χ4v) is 4.23. The van der Waals surface area contributed by atoms with Crippen molar-refractivity contribution in [3.8, 4) is 17.0 Å². The van der Waals surface area contributed by atoms with E-state index < -0.39 is 6.10 Å². The predicted octanol–water partition coefficient (Wildman–Crippen LogP) is 4.90. The third kappa shape index (κ3) is 8.51. The molecule has 0 radical (unpaired) electrons. The van der Waals surface area contributed by atoms with Crippen molar-refractivity contribution in [1.29, 1.82) is 0 Å². The van der Waals surface area contributed by atoms with Crippen molar-refractivity contribution >= 4 is 23.4 Å². The third-order valence-electron chi connectivity index (χ3n) is 6.20. The molecular weight excluding hydrogens is 466 g/mol. The van der Waals surface area contributed by atoms with Crippen LogP contribution in [0, 0.1) is 0 Å². The molecule has 1 aromatic heterocycles. The predicted molar refractivity (Wildman–Crippen MR) is 138 cm³/mol. The number of nitrogens with one attached hydrogen (secondary N) is 2. The molecule has 0 unspecified atom stereocenters. The second kappa shape index (κ2) is 14.0. The fraction of sp³-hybridized carbons (Fsp3) is 0.519. The number of pyridine rings is 1. The first-order valence-electron chi connectivity index (χ1n) is 12.6. The normalized spacial score (nSPS) is 17.6. The van der Waals surface area contributed by atoms with Gasteiger partial charge in [-0.05, 0) is 55.9 Å². The Kier molecular flexibility index (Phi) is 10.8. The number of hydrogen-bond acceptors (Lipinski definition) is 5. The van der Waals surface area contributed by atoms with E-state index in [1.165, 1.54) is 6.20 Å². The Labute approximate surface area is 212 Å². The SMILES string of the molecule is CCCCNC(=O)CCCCOc1ncc(C(=O)N[C@@H]2CCCC[C@H]2O)cc1-c1ccc(Cl)cc1. The minimum absolute atomic E-state index is 0.0666. The summed E-state index contributed by atoms with van der Waals surface area (Å²) in [7, 11) is 0. The lowest BCUT2D eigenvalue weighted by Gasteiger charge is -2.28. The standard InChI is InChI=1S/C27H36ClN3O4/c1-2-3-15-29-25(33)10-6-7-16-35-27-22(19-11-13-21(28)14-12-19)17-20(18-30-27)26(34)31-23-8-4-5-9-24(23)32/h11-14,17-18,23-24,32H,2-10,15-16H2,1H3,(H,29,33)(H,31,34)/t23-,24-/m1/s1. The van der Waals surface area contributed by atoms with Crippen molar-refractivity contribution in [3.63, 3.8) is 0 Å². The molecule has 0 saturated heterocycles. The van der Waals surface area contributed by atoms with Crippen LogP contribution >= 0.6 is 11.6 Å². The highest BCUT2D eigenvalue weighted by Gasteiger charge is 2.25. The summed E-state index contributed by atoms with van der Waals surface area (Å²) < 4.78 is 5.96. The average molecular weight is 502 g/mol. The maximum atomic E-state index is 12.9. The number of carbonyl (C=O) groups excluding carboxylic acids is 2. The number of amides is 2. The number of ether oxygens (including phenoxy) is 1. The van der Waals surface area contributed by atoms with Gasteiger partial charge >= 0.3 is 0 Å². The molecule has 2 amide bonds. The highest BCUT2D eigenvalue weighted by molar-refractivity contribution is 6.30. The quantitative estimate of drug-likeness (QED) is 0.359. The van der Waals surface area contributed by atoms with Gasteiger partial charge in [0.15, 0.2) is 0 Å². The van der Waals surface area contributed by atoms with Gasteiger partial charge in [0, 0.05) is 29.7 Å². The van der Waals surface area contributed by atoms with Crippen LogP contribution in [0.2, 0.25) is 5.02 Å². The lowest BCUT2D eigenvalue weighted by Crippen LogP contribution is -2.45. The Hall–Kier alpha value is -2.64. The zero-order chi connectivity index (χ0) is 25.0. The van der Waals surface area contributed by atoms with E-state index >= 15 is 0 Å². The van der Waals surface area contributed by atoms with E-state index in [1.807, 2.05) is 12.1 Å². The Morgan fingerprint density at radius 2 is 1.91 bits per heavy atom. The number of benzene rings is 1. The summed E-state index contributed by atoms with van der Waals surface area (Å²) in [5, 5.41) is 16.7. The molecule has 190 valence electrons. The van der Waals surface area contributed by atoms with Gasteiger partial charge in [0.25, 0.3) is 5.91 Å². The smallest absolute Gasteiger partial charge is 0.253 e. The summed E-state index contributed by atoms with van der Waals surface area (Å²) in [6.45, 7) is 3.23. The number of carbonyl (C=O) groups is 2. The van der Waals surface area contributed by atoms with Crippen molar-refractivity contribution in [2.75, 3.05) is 13.2 Å². The monoisotopic (exact) mass is 501 g/mol. The van der Waals surface area contributed by atoms with Gasteiger partial charge in [-0.15, -0.1) is 0 Å². The van der Waals surface area contributed by atoms with Gasteiger partial charge in [0.2, 0.25) is 11.8 Å². The van der Waals surface area contributed by atoms with E-state index in [4.69, 9.17) is 16.3 Å². The minimum atomic E-state index is -0.521. The summed E-state index contributed by atoms with van der Waals surface area (Å²) >= 11 is 6.06. The first-order valence-corrected chi connectivity index (χ1v) is 13.0. The lowest BCUT2D eigenvalue weighted by atomic mass is 9.92. The first kappa shape index (κ1) is 27.0. The van der Waals surface area contributed by atoms with Gasteiger partial charge in [-0.2, -0.15) is 0 Å². The molecule has 3 rings (SSSR count). The average Bonchev–Trinajstić information content (AvgIpc) is 2.86. The Morgan fingerprint density at radius 3 is 2.66 bits per heavy atom. The number of unbranched alkanes of at least 4 members (excludes halogenated alkanes) is 2. The summed E-state index contributed by atoms with van der Waals surface area (Å²) in [4.78, 5) is 29.2. The number of aliphatic hydroxyl groups excluding tert-OH is 1. The molecule has 1 aliphatic carbocycles. The highest BCUT2D eigenvalue weighted by Crippen LogP contribution is 2.30. The van der Waals surface area contributed by atoms with Crippen molar-refractivity contribution in [3.05, 3.63) is 47.1 Å². The largest absolute Gasteiger partial charge is 0.477 e. The van der Waals surface area contributed by atoms with Crippen molar-refractivity contribution < 1.29 is 19.4 Å². The molecule has 8 heteroatoms. The van der Waals surface area contributed by atoms with Gasteiger partial charge in [-0.1, -0.05) is 49.9 Å². The molecule has 7 nitrogen and oxygen atoms in total. The molecule has 0 spiro atoms. The number of halogens is 1. The van der Waals surface area contributed by atoms with Crippen molar-refractivity contribution in [2.24, 2.45) is 0 Å². The molecule has 3 N–H and O–H groups in total. The minimum Gasteiger partial charge on any atom is -0.477 e. The molecule has 1 aromatic carbocycles. The zero-order valence-corrected chi connectivity index (χ0v) is 21.2. The van der Waals surface area contributed by atoms with Crippen LogP contribution in [-0.4, -0.2) is 47.2 Å². The summed E-state index contributed by atoms with van der Waals surface area (Å²) in [5.41, 5.74) is 1.93. The second-order valence-electron chi connectivity index (χ2n) is 9.02. The van der Waals surface area contributed by atoms with Crippen LogP contribution in [-0.2, 0) is 4.79 Å². The molecule has 1 fully saturated rings. The molecular formula is C27H36ClN3O4. The van der Waals surface area contributed by atoms with E-state index in [0.29, 0.717) is 47.9 Å². The van der Waals surface area contributed by atoms with Crippen LogP contribution in [0.4, 0.5) is 0 Å². The topological polar surface area (TPSA) is 101 Å². The zero-order valence-electron chi connectivity index (χ0n) is 20.4. The van der Waals surface area contributed by atoms with E-state index in [-0.39, 0.29) is 17.9 Å². The maximum absolute atomic E-state index is 12.9. The van der Waals surface area contributed by atoms with E-state index in [9.17, 15) is 14.7 Å². The Morgan fingerprint density at radius 1 is 1.14 bits per heavy atom. The van der Waals surface area contributed by atoms with Gasteiger partial charge in [-0.3, -0.25) is 9.59 Å². The van der Waals surface area contributed by atoms with E-state index in [2.05, 4.69) is 22.5 Å². The first-order chi connectivity index (χ1) is 17.0. The molecule has 0 bridgehead atoms. The highest BCUT2D eigenvalue weighted by atomic mass is 35.5. The van der Waals surface area contributed by atoms with Crippen LogP contribution in [0.5, 0.6) is 5.88 Å². The number of aliphatic hydroxyl groups is 1. The van der Waals surface area contributed by atoms with E-state index in [0.717, 1.165) is 50.6 Å². The molecule has 2 aromatic rings. The number of nitrogens with zero attached hydrogens (tertiary/aromatic N) is 1. The van der Waals surface area contributed by atoms with Crippen molar-refractivity contribution in [2.45, 2.75) is 76.9 Å². The summed E-state index contributed by atoms with van der Waals surface area (Å²) in [6.07, 6.45) is 8.36. The molecule has 35 heavy (non-hydrogen) atoms. The lowest BCUT2D eigenvalue weighted by molar-refractivity contribution is -0.121. The van der Waals surface area contributed by atoms with Crippen LogP contribution in [0.15, 0.2) is 36.5 Å². The summed E-state index contributed by atoms with van der Waals surface area (Å²) in [5.74, 6) is 0.227. The molecule has 1 saturated carbocycles. The number of rotatable bonds is 12. The second-order valence-corrected chi connectivity index (χ2v) is 9.46. The summed E-state index contributed by atoms with van der Waals surface area (Å²) in [6, 6.07) is 8.80.